The number of nitrogens with zero attached hydrogens (tertiary/aromatic N) is 4. The Morgan fingerprint density at radius 1 is 1.53 bits per heavy atom. The van der Waals surface area contributed by atoms with Crippen LogP contribution >= 0.6 is 0 Å². The van der Waals surface area contributed by atoms with Crippen LogP contribution in [0.15, 0.2) is 6.20 Å². The lowest BCUT2D eigenvalue weighted by atomic mass is 10.2. The lowest BCUT2D eigenvalue weighted by Gasteiger charge is -2.26. The van der Waals surface area contributed by atoms with Crippen LogP contribution in [0.25, 0.3) is 11.0 Å². The maximum atomic E-state index is 5.25. The zero-order valence-electron chi connectivity index (χ0n) is 9.88. The molecule has 6 heteroatoms. The molecule has 17 heavy (non-hydrogen) atoms. The topological polar surface area (TPSA) is 62.1 Å². The summed E-state index contributed by atoms with van der Waals surface area (Å²) in [5.74, 6) is 1.40. The third-order valence-corrected chi connectivity index (χ3v) is 2.94. The highest BCUT2D eigenvalue weighted by Crippen LogP contribution is 2.27. The van der Waals surface area contributed by atoms with Gasteiger partial charge in [-0.3, -0.25) is 0 Å². The van der Waals surface area contributed by atoms with Crippen molar-refractivity contribution in [3.8, 4) is 5.88 Å². The number of fused-ring (bicyclic) bond motifs is 1. The van der Waals surface area contributed by atoms with E-state index in [0.717, 1.165) is 23.3 Å². The zero-order valence-corrected chi connectivity index (χ0v) is 9.88. The third kappa shape index (κ3) is 1.56. The predicted molar refractivity (Wildman–Crippen MR) is 61.1 cm³/mol. The van der Waals surface area contributed by atoms with Crippen molar-refractivity contribution in [3.05, 3.63) is 12.0 Å². The molecule has 0 aliphatic carbocycles. The maximum Gasteiger partial charge on any atom is 0.243 e. The summed E-state index contributed by atoms with van der Waals surface area (Å²) in [5, 5.41) is 5.28. The largest absolute Gasteiger partial charge is 0.479 e. The van der Waals surface area contributed by atoms with Crippen molar-refractivity contribution >= 4 is 11.0 Å². The Bertz CT molecular complexity index is 548. The first-order chi connectivity index (χ1) is 8.33. The van der Waals surface area contributed by atoms with Crippen LogP contribution < -0.4 is 4.74 Å². The number of ether oxygens (including phenoxy) is 2. The van der Waals surface area contributed by atoms with Crippen molar-refractivity contribution in [1.29, 1.82) is 0 Å². The molecule has 1 aliphatic heterocycles. The third-order valence-electron chi connectivity index (χ3n) is 2.94. The van der Waals surface area contributed by atoms with Crippen LogP contribution in [-0.2, 0) is 11.2 Å². The minimum atomic E-state index is 0.265. The van der Waals surface area contributed by atoms with Crippen LogP contribution in [0.4, 0.5) is 0 Å². The van der Waals surface area contributed by atoms with Crippen molar-refractivity contribution in [2.75, 3.05) is 20.3 Å². The molecule has 0 unspecified atom stereocenters. The zero-order chi connectivity index (χ0) is 11.8. The van der Waals surface area contributed by atoms with E-state index in [1.54, 1.807) is 13.3 Å². The van der Waals surface area contributed by atoms with Crippen molar-refractivity contribution in [2.45, 2.75) is 19.4 Å². The second kappa shape index (κ2) is 3.96. The predicted octanol–water partition coefficient (Wildman–Crippen LogP) is 0.969. The molecule has 2 aromatic heterocycles. The molecule has 1 fully saturated rings. The van der Waals surface area contributed by atoms with Gasteiger partial charge in [0, 0.05) is 12.6 Å². The van der Waals surface area contributed by atoms with Crippen LogP contribution in [0.2, 0.25) is 0 Å². The summed E-state index contributed by atoms with van der Waals surface area (Å²) in [6.07, 6.45) is 2.59. The van der Waals surface area contributed by atoms with E-state index in [2.05, 4.69) is 15.1 Å². The van der Waals surface area contributed by atoms with Gasteiger partial charge in [0.2, 0.25) is 5.88 Å². The van der Waals surface area contributed by atoms with E-state index < -0.39 is 0 Å². The van der Waals surface area contributed by atoms with Gasteiger partial charge < -0.3 is 9.47 Å². The summed E-state index contributed by atoms with van der Waals surface area (Å²) in [6.45, 7) is 3.41. The van der Waals surface area contributed by atoms with Gasteiger partial charge in [-0.15, -0.1) is 5.10 Å². The fourth-order valence-electron chi connectivity index (χ4n) is 1.87. The van der Waals surface area contributed by atoms with E-state index in [1.165, 1.54) is 0 Å². The highest BCUT2D eigenvalue weighted by Gasteiger charge is 2.26. The van der Waals surface area contributed by atoms with E-state index in [-0.39, 0.29) is 6.04 Å². The molecule has 1 aliphatic rings. The highest BCUT2D eigenvalue weighted by molar-refractivity contribution is 5.80. The molecule has 0 amide bonds. The molecule has 90 valence electrons. The summed E-state index contributed by atoms with van der Waals surface area (Å²) < 4.78 is 12.3. The summed E-state index contributed by atoms with van der Waals surface area (Å²) in [5.41, 5.74) is 0.835. The highest BCUT2D eigenvalue weighted by atomic mass is 16.5. The van der Waals surface area contributed by atoms with Gasteiger partial charge in [0.1, 0.15) is 17.3 Å². The van der Waals surface area contributed by atoms with Gasteiger partial charge in [-0.25, -0.2) is 14.6 Å². The van der Waals surface area contributed by atoms with Gasteiger partial charge in [-0.05, 0) is 0 Å². The Morgan fingerprint density at radius 2 is 2.35 bits per heavy atom. The molecule has 2 aromatic rings. The second-order valence-electron chi connectivity index (χ2n) is 4.02. The van der Waals surface area contributed by atoms with Crippen molar-refractivity contribution in [1.82, 2.24) is 19.7 Å². The molecule has 3 rings (SSSR count). The fraction of sp³-hybridized carbons (Fsp3) is 0.545. The number of hydrogen-bond acceptors (Lipinski definition) is 5. The standard InChI is InChI=1S/C11H14N4O2/c1-3-9-12-4-8-10(13-9)15(7-5-17-6-7)14-11(8)16-2/h4,7H,3,5-6H2,1-2H3. The first kappa shape index (κ1) is 10.5. The molecule has 0 spiro atoms. The Labute approximate surface area is 98.6 Å². The lowest BCUT2D eigenvalue weighted by Crippen LogP contribution is -2.31. The van der Waals surface area contributed by atoms with Crippen molar-refractivity contribution in [3.63, 3.8) is 0 Å². The van der Waals surface area contributed by atoms with E-state index in [9.17, 15) is 0 Å². The lowest BCUT2D eigenvalue weighted by molar-refractivity contribution is -0.0272. The van der Waals surface area contributed by atoms with E-state index >= 15 is 0 Å². The SMILES string of the molecule is CCc1ncc2c(OC)nn(C3COC3)c2n1. The fourth-order valence-corrected chi connectivity index (χ4v) is 1.87. The Hall–Kier alpha value is -1.69. The first-order valence-corrected chi connectivity index (χ1v) is 5.69. The van der Waals surface area contributed by atoms with Crippen LogP contribution in [0.3, 0.4) is 0 Å². The molecule has 6 nitrogen and oxygen atoms in total. The second-order valence-corrected chi connectivity index (χ2v) is 4.02. The molecule has 0 radical (unpaired) electrons. The Balaban J connectivity index is 2.18. The van der Waals surface area contributed by atoms with Crippen LogP contribution in [0.1, 0.15) is 18.8 Å². The number of methoxy groups -OCH3 is 1. The molecular weight excluding hydrogens is 220 g/mol. The minimum absolute atomic E-state index is 0.265. The van der Waals surface area contributed by atoms with Crippen LogP contribution in [-0.4, -0.2) is 40.1 Å². The van der Waals surface area contributed by atoms with E-state index in [4.69, 9.17) is 9.47 Å². The normalized spacial score (nSPS) is 16.1. The van der Waals surface area contributed by atoms with Gasteiger partial charge in [0.25, 0.3) is 0 Å². The van der Waals surface area contributed by atoms with Crippen molar-refractivity contribution in [2.24, 2.45) is 0 Å². The minimum Gasteiger partial charge on any atom is -0.479 e. The first-order valence-electron chi connectivity index (χ1n) is 5.69. The summed E-state index contributed by atoms with van der Waals surface area (Å²) in [4.78, 5) is 8.79. The Morgan fingerprint density at radius 3 is 2.94 bits per heavy atom. The van der Waals surface area contributed by atoms with E-state index in [0.29, 0.717) is 19.1 Å². The number of hydrogen-bond donors (Lipinski definition) is 0. The molecule has 3 heterocycles. The number of aryl methyl sites for hydroxylation is 1. The summed E-state index contributed by atoms with van der Waals surface area (Å²) in [6, 6.07) is 0.265. The molecule has 1 saturated heterocycles. The molecular formula is C11H14N4O2. The van der Waals surface area contributed by atoms with Gasteiger partial charge >= 0.3 is 0 Å². The average molecular weight is 234 g/mol. The molecule has 0 bridgehead atoms. The van der Waals surface area contributed by atoms with Crippen molar-refractivity contribution < 1.29 is 9.47 Å². The Kier molecular flexibility index (Phi) is 2.44. The maximum absolute atomic E-state index is 5.25. The number of rotatable bonds is 3. The quantitative estimate of drug-likeness (QED) is 0.791. The van der Waals surface area contributed by atoms with Gasteiger partial charge in [-0.1, -0.05) is 6.92 Å². The molecule has 0 N–H and O–H groups in total. The smallest absolute Gasteiger partial charge is 0.243 e. The summed E-state index contributed by atoms with van der Waals surface area (Å²) in [7, 11) is 1.61. The van der Waals surface area contributed by atoms with Gasteiger partial charge in [0.15, 0.2) is 5.65 Å². The average Bonchev–Trinajstić information content (AvgIpc) is 2.65. The van der Waals surface area contributed by atoms with Gasteiger partial charge in [0.05, 0.1) is 20.3 Å². The molecule has 0 saturated carbocycles. The van der Waals surface area contributed by atoms with Crippen LogP contribution in [0, 0.1) is 0 Å². The van der Waals surface area contributed by atoms with Crippen LogP contribution in [0.5, 0.6) is 5.88 Å². The monoisotopic (exact) mass is 234 g/mol. The summed E-state index contributed by atoms with van der Waals surface area (Å²) >= 11 is 0. The van der Waals surface area contributed by atoms with E-state index in [1.807, 2.05) is 11.6 Å². The molecule has 0 aromatic carbocycles. The molecule has 0 atom stereocenters. The number of aromatic nitrogens is 4. The van der Waals surface area contributed by atoms with Gasteiger partial charge in [-0.2, -0.15) is 0 Å².